The van der Waals surface area contributed by atoms with Crippen molar-refractivity contribution in [2.45, 2.75) is 57.5 Å². The number of benzene rings is 1. The maximum absolute atomic E-state index is 3.86. The Morgan fingerprint density at radius 2 is 2.00 bits per heavy atom. The quantitative estimate of drug-likeness (QED) is 0.842. The second kappa shape index (κ2) is 7.42. The van der Waals surface area contributed by atoms with Crippen molar-refractivity contribution in [3.8, 4) is 0 Å². The molecule has 2 heteroatoms. The summed E-state index contributed by atoms with van der Waals surface area (Å²) in [4.78, 5) is 2.47. The number of likely N-dealkylation sites (N-methyl/N-ethyl adjacent to an activating group) is 1. The summed E-state index contributed by atoms with van der Waals surface area (Å²) in [6, 6.07) is 11.3. The first-order valence-electron chi connectivity index (χ1n) is 8.53. The Balaban J connectivity index is 2.04. The van der Waals surface area contributed by atoms with Gasteiger partial charge in [-0.25, -0.2) is 0 Å². The molecule has 1 aliphatic rings. The van der Waals surface area contributed by atoms with Gasteiger partial charge >= 0.3 is 0 Å². The molecule has 0 aliphatic heterocycles. The van der Waals surface area contributed by atoms with Gasteiger partial charge in [0.05, 0.1) is 0 Å². The van der Waals surface area contributed by atoms with Gasteiger partial charge in [0.25, 0.3) is 0 Å². The van der Waals surface area contributed by atoms with Gasteiger partial charge in [-0.2, -0.15) is 0 Å². The van der Waals surface area contributed by atoms with Crippen LogP contribution in [0.2, 0.25) is 0 Å². The monoisotopic (exact) mass is 288 g/mol. The fraction of sp³-hybridized carbons (Fsp3) is 0.684. The lowest BCUT2D eigenvalue weighted by atomic mass is 9.75. The van der Waals surface area contributed by atoms with E-state index in [9.17, 15) is 0 Å². The van der Waals surface area contributed by atoms with Gasteiger partial charge in [-0.15, -0.1) is 0 Å². The van der Waals surface area contributed by atoms with E-state index < -0.39 is 0 Å². The second-order valence-corrected chi connectivity index (χ2v) is 7.07. The first kappa shape index (κ1) is 16.5. The molecule has 2 rings (SSSR count). The molecule has 21 heavy (non-hydrogen) atoms. The number of nitrogens with one attached hydrogen (secondary N) is 1. The van der Waals surface area contributed by atoms with Crippen LogP contribution in [0.5, 0.6) is 0 Å². The molecule has 2 nitrogen and oxygen atoms in total. The topological polar surface area (TPSA) is 15.3 Å². The third-order valence-electron chi connectivity index (χ3n) is 5.30. The van der Waals surface area contributed by atoms with E-state index in [-0.39, 0.29) is 0 Å². The van der Waals surface area contributed by atoms with Gasteiger partial charge in [0.2, 0.25) is 0 Å². The lowest BCUT2D eigenvalue weighted by Crippen LogP contribution is -2.54. The molecule has 0 aromatic heterocycles. The van der Waals surface area contributed by atoms with Crippen LogP contribution in [-0.2, 0) is 0 Å². The molecule has 1 N–H and O–H groups in total. The van der Waals surface area contributed by atoms with E-state index in [1.807, 2.05) is 0 Å². The van der Waals surface area contributed by atoms with Crippen molar-refractivity contribution in [1.29, 1.82) is 0 Å². The molecular formula is C19H32N2. The van der Waals surface area contributed by atoms with Crippen LogP contribution in [0.3, 0.4) is 0 Å². The van der Waals surface area contributed by atoms with Gasteiger partial charge in [-0.1, -0.05) is 57.0 Å². The number of rotatable bonds is 6. The van der Waals surface area contributed by atoms with Crippen molar-refractivity contribution in [3.63, 3.8) is 0 Å². The van der Waals surface area contributed by atoms with Crippen molar-refractivity contribution >= 4 is 0 Å². The molecule has 0 radical (unpaired) electrons. The molecule has 0 heterocycles. The molecule has 1 aliphatic carbocycles. The average Bonchev–Trinajstić information content (AvgIpc) is 2.49. The van der Waals surface area contributed by atoms with E-state index in [1.165, 1.54) is 31.2 Å². The van der Waals surface area contributed by atoms with Gasteiger partial charge in [0, 0.05) is 18.1 Å². The minimum Gasteiger partial charge on any atom is -0.308 e. The molecule has 0 amide bonds. The average molecular weight is 288 g/mol. The van der Waals surface area contributed by atoms with Gasteiger partial charge in [-0.3, -0.25) is 0 Å². The summed E-state index contributed by atoms with van der Waals surface area (Å²) in [6.45, 7) is 5.78. The third-order valence-corrected chi connectivity index (χ3v) is 5.30. The van der Waals surface area contributed by atoms with Crippen LogP contribution >= 0.6 is 0 Å². The zero-order chi connectivity index (χ0) is 15.3. The lowest BCUT2D eigenvalue weighted by Gasteiger charge is -2.46. The van der Waals surface area contributed by atoms with Crippen molar-refractivity contribution in [2.24, 2.45) is 5.92 Å². The Morgan fingerprint density at radius 1 is 1.29 bits per heavy atom. The summed E-state index contributed by atoms with van der Waals surface area (Å²) in [5.74, 6) is 0.847. The third kappa shape index (κ3) is 4.08. The van der Waals surface area contributed by atoms with Crippen LogP contribution in [0, 0.1) is 5.92 Å². The molecule has 1 aromatic rings. The van der Waals surface area contributed by atoms with Crippen molar-refractivity contribution in [2.75, 3.05) is 20.6 Å². The van der Waals surface area contributed by atoms with E-state index in [0.717, 1.165) is 18.9 Å². The zero-order valence-corrected chi connectivity index (χ0v) is 14.2. The molecule has 1 aromatic carbocycles. The first-order chi connectivity index (χ1) is 10.1. The normalized spacial score (nSPS) is 27.8. The minimum atomic E-state index is 0.333. The largest absolute Gasteiger partial charge is 0.308 e. The SMILES string of the molecule is CCC(NCC1(N(C)C)CCCC(C)C1)c1ccccc1. The second-order valence-electron chi connectivity index (χ2n) is 7.07. The Hall–Kier alpha value is -0.860. The highest BCUT2D eigenvalue weighted by Crippen LogP contribution is 2.35. The van der Waals surface area contributed by atoms with E-state index in [4.69, 9.17) is 0 Å². The number of hydrogen-bond acceptors (Lipinski definition) is 2. The van der Waals surface area contributed by atoms with Crippen LogP contribution < -0.4 is 5.32 Å². The first-order valence-corrected chi connectivity index (χ1v) is 8.53. The maximum atomic E-state index is 3.86. The van der Waals surface area contributed by atoms with Crippen molar-refractivity contribution in [1.82, 2.24) is 10.2 Å². The summed E-state index contributed by atoms with van der Waals surface area (Å²) < 4.78 is 0. The Morgan fingerprint density at radius 3 is 2.57 bits per heavy atom. The highest BCUT2D eigenvalue weighted by atomic mass is 15.2. The molecule has 3 unspecified atom stereocenters. The van der Waals surface area contributed by atoms with Gasteiger partial charge in [0.1, 0.15) is 0 Å². The lowest BCUT2D eigenvalue weighted by molar-refractivity contribution is 0.0720. The maximum Gasteiger partial charge on any atom is 0.0330 e. The highest BCUT2D eigenvalue weighted by molar-refractivity contribution is 5.18. The van der Waals surface area contributed by atoms with Crippen molar-refractivity contribution < 1.29 is 0 Å². The summed E-state index contributed by atoms with van der Waals surface area (Å²) in [5.41, 5.74) is 1.75. The summed E-state index contributed by atoms with van der Waals surface area (Å²) in [5, 5.41) is 3.86. The fourth-order valence-electron chi connectivity index (χ4n) is 3.85. The standard InChI is InChI=1S/C19H32N2/c1-5-18(17-11-7-6-8-12-17)20-15-19(21(3)4)13-9-10-16(2)14-19/h6-8,11-12,16,18,20H,5,9-10,13-15H2,1-4H3. The Bertz CT molecular complexity index is 415. The molecule has 3 atom stereocenters. The van der Waals surface area contributed by atoms with Crippen LogP contribution in [0.15, 0.2) is 30.3 Å². The van der Waals surface area contributed by atoms with Gasteiger partial charge in [0.15, 0.2) is 0 Å². The molecule has 118 valence electrons. The smallest absolute Gasteiger partial charge is 0.0330 e. The minimum absolute atomic E-state index is 0.333. The molecule has 1 saturated carbocycles. The van der Waals surface area contributed by atoms with Crippen LogP contribution in [0.4, 0.5) is 0 Å². The fourth-order valence-corrected chi connectivity index (χ4v) is 3.85. The van der Waals surface area contributed by atoms with E-state index in [1.54, 1.807) is 0 Å². The molecule has 1 fully saturated rings. The predicted molar refractivity (Wildman–Crippen MR) is 91.5 cm³/mol. The molecule has 0 saturated heterocycles. The molecule has 0 bridgehead atoms. The number of hydrogen-bond donors (Lipinski definition) is 1. The summed E-state index contributed by atoms with van der Waals surface area (Å²) >= 11 is 0. The summed E-state index contributed by atoms with van der Waals surface area (Å²) in [6.07, 6.45) is 6.54. The van der Waals surface area contributed by atoms with E-state index in [2.05, 4.69) is 68.5 Å². The van der Waals surface area contributed by atoms with Crippen LogP contribution in [0.1, 0.15) is 57.6 Å². The molecular weight excluding hydrogens is 256 g/mol. The zero-order valence-electron chi connectivity index (χ0n) is 14.2. The van der Waals surface area contributed by atoms with Crippen LogP contribution in [0.25, 0.3) is 0 Å². The Kier molecular flexibility index (Phi) is 5.83. The van der Waals surface area contributed by atoms with Gasteiger partial charge < -0.3 is 10.2 Å². The summed E-state index contributed by atoms with van der Waals surface area (Å²) in [7, 11) is 4.51. The predicted octanol–water partition coefficient (Wildman–Crippen LogP) is 4.24. The van der Waals surface area contributed by atoms with E-state index >= 15 is 0 Å². The van der Waals surface area contributed by atoms with Crippen molar-refractivity contribution in [3.05, 3.63) is 35.9 Å². The van der Waals surface area contributed by atoms with E-state index in [0.29, 0.717) is 11.6 Å². The Labute approximate surface area is 130 Å². The highest BCUT2D eigenvalue weighted by Gasteiger charge is 2.37. The number of nitrogens with zero attached hydrogens (tertiary/aromatic N) is 1. The molecule has 0 spiro atoms. The van der Waals surface area contributed by atoms with Crippen LogP contribution in [-0.4, -0.2) is 31.1 Å². The van der Waals surface area contributed by atoms with Gasteiger partial charge in [-0.05, 0) is 44.8 Å².